The fourth-order valence-electron chi connectivity index (χ4n) is 9.16. The molecule has 0 amide bonds. The number of hydrogen-bond donors (Lipinski definition) is 1. The number of rotatable bonds is 0. The van der Waals surface area contributed by atoms with Crippen LogP contribution in [0.4, 0.5) is 0 Å². The monoisotopic (exact) mass is 388 g/mol. The summed E-state index contributed by atoms with van der Waals surface area (Å²) in [4.78, 5) is 0. The van der Waals surface area contributed by atoms with Gasteiger partial charge in [-0.05, 0) is 86.4 Å². The zero-order valence-electron chi connectivity index (χ0n) is 18.4. The molecule has 0 bridgehead atoms. The zero-order valence-corrected chi connectivity index (χ0v) is 18.4. The molecule has 0 aromatic carbocycles. The summed E-state index contributed by atoms with van der Waals surface area (Å²) in [6.45, 7) is 11.3. The van der Waals surface area contributed by atoms with E-state index in [4.69, 9.17) is 9.47 Å². The Morgan fingerprint density at radius 2 is 1.43 bits per heavy atom. The third-order valence-electron chi connectivity index (χ3n) is 11.0. The molecule has 0 unspecified atom stereocenters. The van der Waals surface area contributed by atoms with E-state index < -0.39 is 0 Å². The maximum Gasteiger partial charge on any atom is 0.173 e. The van der Waals surface area contributed by atoms with Crippen LogP contribution in [0, 0.1) is 45.8 Å². The fraction of sp³-hybridized carbons (Fsp3) is 1.00. The lowest BCUT2D eigenvalue weighted by Crippen LogP contribution is -2.60. The van der Waals surface area contributed by atoms with E-state index in [0.717, 1.165) is 56.1 Å². The van der Waals surface area contributed by atoms with Gasteiger partial charge in [-0.2, -0.15) is 0 Å². The Bertz CT molecular complexity index is 677. The molecule has 0 aromatic rings. The summed E-state index contributed by atoms with van der Waals surface area (Å²) in [5, 5.41) is 10.8. The van der Waals surface area contributed by atoms with E-state index in [1.807, 2.05) is 0 Å². The molecule has 1 spiro atoms. The van der Waals surface area contributed by atoms with Crippen molar-refractivity contribution in [2.45, 2.75) is 96.9 Å². The van der Waals surface area contributed by atoms with E-state index in [2.05, 4.69) is 27.7 Å². The Morgan fingerprint density at radius 1 is 0.750 bits per heavy atom. The van der Waals surface area contributed by atoms with Gasteiger partial charge in [0.1, 0.15) is 0 Å². The Morgan fingerprint density at radius 3 is 2.18 bits per heavy atom. The molecule has 28 heavy (non-hydrogen) atoms. The van der Waals surface area contributed by atoms with Gasteiger partial charge in [0, 0.05) is 17.3 Å². The van der Waals surface area contributed by atoms with E-state index in [1.165, 1.54) is 38.5 Å². The fourth-order valence-corrected chi connectivity index (χ4v) is 9.16. The summed E-state index contributed by atoms with van der Waals surface area (Å²) in [5.74, 6) is 3.48. The van der Waals surface area contributed by atoms with Crippen LogP contribution in [-0.2, 0) is 9.47 Å². The molecule has 8 atom stereocenters. The molecule has 6 aliphatic rings. The molecular weight excluding hydrogens is 348 g/mol. The second-order valence-corrected chi connectivity index (χ2v) is 13.1. The molecule has 6 rings (SSSR count). The van der Waals surface area contributed by atoms with Crippen molar-refractivity contribution in [3.63, 3.8) is 0 Å². The van der Waals surface area contributed by atoms with Crippen LogP contribution >= 0.6 is 0 Å². The number of ether oxygens (including phenoxy) is 2. The normalized spacial score (nSPS) is 58.4. The summed E-state index contributed by atoms with van der Waals surface area (Å²) in [7, 11) is 0. The van der Waals surface area contributed by atoms with Crippen molar-refractivity contribution in [2.75, 3.05) is 13.2 Å². The van der Waals surface area contributed by atoms with Crippen LogP contribution in [0.15, 0.2) is 0 Å². The van der Waals surface area contributed by atoms with Crippen LogP contribution in [-0.4, -0.2) is 29.7 Å². The average molecular weight is 389 g/mol. The van der Waals surface area contributed by atoms with Crippen molar-refractivity contribution >= 4 is 0 Å². The molecule has 3 nitrogen and oxygen atoms in total. The van der Waals surface area contributed by atoms with Gasteiger partial charge < -0.3 is 14.6 Å². The van der Waals surface area contributed by atoms with Gasteiger partial charge in [0.2, 0.25) is 0 Å². The van der Waals surface area contributed by atoms with Crippen molar-refractivity contribution in [1.82, 2.24) is 0 Å². The van der Waals surface area contributed by atoms with Crippen molar-refractivity contribution in [3.8, 4) is 0 Å². The molecule has 0 radical (unpaired) electrons. The van der Waals surface area contributed by atoms with Gasteiger partial charge in [0.15, 0.2) is 5.79 Å². The van der Waals surface area contributed by atoms with Gasteiger partial charge >= 0.3 is 0 Å². The second kappa shape index (κ2) is 5.37. The first-order valence-electron chi connectivity index (χ1n) is 12.1. The van der Waals surface area contributed by atoms with Crippen LogP contribution < -0.4 is 0 Å². The molecule has 158 valence electrons. The highest BCUT2D eigenvalue weighted by Crippen LogP contribution is 2.72. The third kappa shape index (κ3) is 2.22. The summed E-state index contributed by atoms with van der Waals surface area (Å²) in [6.07, 6.45) is 11.1. The summed E-state index contributed by atoms with van der Waals surface area (Å²) < 4.78 is 13.2. The van der Waals surface area contributed by atoms with Crippen LogP contribution in [0.5, 0.6) is 0 Å². The molecular formula is C25H40O3. The van der Waals surface area contributed by atoms with Crippen LogP contribution in [0.25, 0.3) is 0 Å². The minimum absolute atomic E-state index is 0.144. The first-order chi connectivity index (χ1) is 13.1. The predicted molar refractivity (Wildman–Crippen MR) is 109 cm³/mol. The lowest BCUT2D eigenvalue weighted by Gasteiger charge is -2.62. The lowest BCUT2D eigenvalue weighted by molar-refractivity contribution is -0.348. The van der Waals surface area contributed by atoms with Gasteiger partial charge in [-0.1, -0.05) is 27.7 Å². The van der Waals surface area contributed by atoms with Gasteiger partial charge in [0.25, 0.3) is 0 Å². The predicted octanol–water partition coefficient (Wildman–Crippen LogP) is 5.16. The van der Waals surface area contributed by atoms with Crippen LogP contribution in [0.1, 0.15) is 85.5 Å². The lowest BCUT2D eigenvalue weighted by atomic mass is 9.45. The topological polar surface area (TPSA) is 38.7 Å². The first kappa shape index (κ1) is 18.6. The molecule has 5 aliphatic carbocycles. The highest BCUT2D eigenvalue weighted by molar-refractivity contribution is 5.18. The van der Waals surface area contributed by atoms with Gasteiger partial charge in [-0.3, -0.25) is 0 Å². The standard InChI is InChI=1S/C25H40O3/c1-21(2)14-27-25(28-15-21)10-8-20-18-6-5-16-12-24(26)13-17(24)11-22(16,3)19(18)7-9-23(20,25)4/h16-20,26H,5-15H2,1-4H3/t16-,17-,18+,19-,20-,22-,23-,24+/m0/s1. The quantitative estimate of drug-likeness (QED) is 0.623. The van der Waals surface area contributed by atoms with Gasteiger partial charge in [-0.25, -0.2) is 0 Å². The molecule has 1 N–H and O–H groups in total. The van der Waals surface area contributed by atoms with Gasteiger partial charge in [-0.15, -0.1) is 0 Å². The van der Waals surface area contributed by atoms with E-state index in [1.54, 1.807) is 0 Å². The summed E-state index contributed by atoms with van der Waals surface area (Å²) >= 11 is 0. The first-order valence-corrected chi connectivity index (χ1v) is 12.1. The Kier molecular flexibility index (Phi) is 3.58. The van der Waals surface area contributed by atoms with Crippen molar-refractivity contribution in [2.24, 2.45) is 45.8 Å². The van der Waals surface area contributed by atoms with E-state index >= 15 is 0 Å². The number of aliphatic hydroxyl groups is 1. The van der Waals surface area contributed by atoms with E-state index in [-0.39, 0.29) is 22.2 Å². The molecule has 1 saturated heterocycles. The highest BCUT2D eigenvalue weighted by atomic mass is 16.7. The largest absolute Gasteiger partial charge is 0.390 e. The summed E-state index contributed by atoms with van der Waals surface area (Å²) in [6, 6.07) is 0. The number of fused-ring (bicyclic) bond motifs is 7. The number of hydrogen-bond acceptors (Lipinski definition) is 3. The van der Waals surface area contributed by atoms with E-state index in [0.29, 0.717) is 11.3 Å². The van der Waals surface area contributed by atoms with Crippen molar-refractivity contribution < 1.29 is 14.6 Å². The maximum atomic E-state index is 10.8. The molecule has 5 saturated carbocycles. The Balaban J connectivity index is 1.28. The third-order valence-corrected chi connectivity index (χ3v) is 11.0. The zero-order chi connectivity index (χ0) is 19.6. The SMILES string of the molecule is CC1(C)COC2(CC[C@H]3[C@@H]4CC[C@H]5C[C@@]6(O)C[C@@H]6C[C@]5(C)[C@H]4CC[C@@]32C)OC1. The van der Waals surface area contributed by atoms with Gasteiger partial charge in [0.05, 0.1) is 18.8 Å². The molecule has 1 aliphatic heterocycles. The maximum absolute atomic E-state index is 10.8. The van der Waals surface area contributed by atoms with Crippen molar-refractivity contribution in [3.05, 3.63) is 0 Å². The average Bonchev–Trinajstić information content (AvgIpc) is 3.18. The van der Waals surface area contributed by atoms with Crippen LogP contribution in [0.2, 0.25) is 0 Å². The van der Waals surface area contributed by atoms with Crippen LogP contribution in [0.3, 0.4) is 0 Å². The molecule has 0 aromatic heterocycles. The molecule has 1 heterocycles. The van der Waals surface area contributed by atoms with E-state index in [9.17, 15) is 5.11 Å². The second-order valence-electron chi connectivity index (χ2n) is 13.1. The summed E-state index contributed by atoms with van der Waals surface area (Å²) in [5.41, 5.74) is 0.520. The minimum Gasteiger partial charge on any atom is -0.390 e. The highest BCUT2D eigenvalue weighted by Gasteiger charge is 2.70. The van der Waals surface area contributed by atoms with Crippen molar-refractivity contribution in [1.29, 1.82) is 0 Å². The molecule has 3 heteroatoms. The minimum atomic E-state index is -0.320. The Labute approximate surface area is 170 Å². The smallest absolute Gasteiger partial charge is 0.173 e. The molecule has 6 fully saturated rings. The Hall–Kier alpha value is -0.120.